The van der Waals surface area contributed by atoms with Crippen molar-refractivity contribution in [3.8, 4) is 5.75 Å². The van der Waals surface area contributed by atoms with Crippen molar-refractivity contribution in [3.05, 3.63) is 105 Å². The molecule has 1 amide bonds. The number of carbonyl (C=O) groups excluding carboxylic acids is 2. The molecule has 0 saturated carbocycles. The van der Waals surface area contributed by atoms with Gasteiger partial charge in [0.05, 0.1) is 23.1 Å². The standard InChI is InChI=1S/C26H23N3O6/c1-2-13-35-21-8-4-6-19(15-21)24(30)22-23(18-5-3-7-20(14-18)29(33)34)28(26(32)25(22)31)16-17-9-11-27-12-10-17/h3-12,14-15,23,30H,2,13,16H2,1H3. The van der Waals surface area contributed by atoms with Gasteiger partial charge in [0, 0.05) is 36.6 Å². The van der Waals surface area contributed by atoms with Crippen molar-refractivity contribution in [2.24, 2.45) is 0 Å². The molecule has 1 N–H and O–H groups in total. The third-order valence-corrected chi connectivity index (χ3v) is 5.62. The van der Waals surface area contributed by atoms with Crippen LogP contribution in [0.1, 0.15) is 36.1 Å². The van der Waals surface area contributed by atoms with Gasteiger partial charge in [0.2, 0.25) is 0 Å². The number of Topliss-reactive ketones (excluding diaryl/α,β-unsaturated/α-hetero) is 1. The van der Waals surface area contributed by atoms with E-state index < -0.39 is 22.7 Å². The Labute approximate surface area is 201 Å². The number of non-ortho nitro benzene ring substituents is 1. The lowest BCUT2D eigenvalue weighted by Gasteiger charge is -2.25. The summed E-state index contributed by atoms with van der Waals surface area (Å²) in [6.07, 6.45) is 3.93. The SMILES string of the molecule is CCCOc1cccc(C(O)=C2C(=O)C(=O)N(Cc3ccncc3)C2c2cccc([N+](=O)[O-])c2)c1. The minimum absolute atomic E-state index is 0.0525. The Bertz CT molecular complexity index is 1310. The largest absolute Gasteiger partial charge is 0.507 e. The molecule has 1 aromatic heterocycles. The quantitative estimate of drug-likeness (QED) is 0.169. The zero-order valence-corrected chi connectivity index (χ0v) is 19.0. The number of hydrogen-bond donors (Lipinski definition) is 1. The molecule has 2 heterocycles. The number of amides is 1. The third kappa shape index (κ3) is 4.89. The molecule has 1 saturated heterocycles. The highest BCUT2D eigenvalue weighted by atomic mass is 16.6. The van der Waals surface area contributed by atoms with Crippen LogP contribution in [-0.4, -0.2) is 38.2 Å². The van der Waals surface area contributed by atoms with Gasteiger partial charge in [0.25, 0.3) is 17.4 Å². The minimum atomic E-state index is -1.02. The van der Waals surface area contributed by atoms with E-state index in [1.165, 1.54) is 23.1 Å². The number of nitro benzene ring substituents is 1. The van der Waals surface area contributed by atoms with Crippen LogP contribution >= 0.6 is 0 Å². The second-order valence-electron chi connectivity index (χ2n) is 8.01. The van der Waals surface area contributed by atoms with Gasteiger partial charge in [0.1, 0.15) is 11.5 Å². The van der Waals surface area contributed by atoms with E-state index in [1.54, 1.807) is 54.9 Å². The lowest BCUT2D eigenvalue weighted by molar-refractivity contribution is -0.384. The Kier molecular flexibility index (Phi) is 6.86. The number of benzene rings is 2. The van der Waals surface area contributed by atoms with Crippen molar-refractivity contribution in [2.45, 2.75) is 25.9 Å². The van der Waals surface area contributed by atoms with E-state index in [2.05, 4.69) is 4.98 Å². The van der Waals surface area contributed by atoms with E-state index in [-0.39, 0.29) is 23.6 Å². The van der Waals surface area contributed by atoms with Crippen molar-refractivity contribution < 1.29 is 24.4 Å². The normalized spacial score (nSPS) is 16.9. The van der Waals surface area contributed by atoms with E-state index in [1.807, 2.05) is 6.92 Å². The number of rotatable bonds is 8. The highest BCUT2D eigenvalue weighted by Gasteiger charge is 2.46. The van der Waals surface area contributed by atoms with Gasteiger partial charge in [-0.2, -0.15) is 0 Å². The second kappa shape index (κ2) is 10.2. The van der Waals surface area contributed by atoms with Crippen LogP contribution in [0.3, 0.4) is 0 Å². The smallest absolute Gasteiger partial charge is 0.295 e. The van der Waals surface area contributed by atoms with Gasteiger partial charge in [0.15, 0.2) is 0 Å². The number of ketones is 1. The fourth-order valence-corrected chi connectivity index (χ4v) is 3.99. The Morgan fingerprint density at radius 1 is 1.11 bits per heavy atom. The first-order chi connectivity index (χ1) is 16.9. The van der Waals surface area contributed by atoms with Crippen molar-refractivity contribution in [1.29, 1.82) is 0 Å². The molecule has 3 aromatic rings. The first-order valence-corrected chi connectivity index (χ1v) is 11.1. The summed E-state index contributed by atoms with van der Waals surface area (Å²) in [6, 6.07) is 14.7. The van der Waals surface area contributed by atoms with Gasteiger partial charge in [-0.3, -0.25) is 24.7 Å². The molecule has 1 atom stereocenters. The Morgan fingerprint density at radius 2 is 1.86 bits per heavy atom. The Hall–Kier alpha value is -4.53. The molecule has 2 aromatic carbocycles. The monoisotopic (exact) mass is 473 g/mol. The molecule has 0 bridgehead atoms. The van der Waals surface area contributed by atoms with Crippen LogP contribution in [-0.2, 0) is 16.1 Å². The fourth-order valence-electron chi connectivity index (χ4n) is 3.99. The molecule has 0 spiro atoms. The highest BCUT2D eigenvalue weighted by Crippen LogP contribution is 2.41. The summed E-state index contributed by atoms with van der Waals surface area (Å²) >= 11 is 0. The summed E-state index contributed by atoms with van der Waals surface area (Å²) in [5.74, 6) is -1.54. The number of carbonyl (C=O) groups is 2. The summed E-state index contributed by atoms with van der Waals surface area (Å²) in [7, 11) is 0. The number of hydrogen-bond acceptors (Lipinski definition) is 7. The van der Waals surface area contributed by atoms with Crippen molar-refractivity contribution in [2.75, 3.05) is 6.61 Å². The van der Waals surface area contributed by atoms with Gasteiger partial charge in [-0.25, -0.2) is 0 Å². The zero-order chi connectivity index (χ0) is 24.9. The summed E-state index contributed by atoms with van der Waals surface area (Å²) in [5, 5.41) is 22.6. The lowest BCUT2D eigenvalue weighted by Crippen LogP contribution is -2.29. The lowest BCUT2D eigenvalue weighted by atomic mass is 9.94. The van der Waals surface area contributed by atoms with E-state index >= 15 is 0 Å². The molecule has 35 heavy (non-hydrogen) atoms. The molecule has 1 unspecified atom stereocenters. The molecule has 1 aliphatic heterocycles. The molecule has 4 rings (SSSR count). The maximum Gasteiger partial charge on any atom is 0.295 e. The molecular formula is C26H23N3O6. The van der Waals surface area contributed by atoms with E-state index in [0.717, 1.165) is 6.42 Å². The summed E-state index contributed by atoms with van der Waals surface area (Å²) in [6.45, 7) is 2.50. The number of nitro groups is 1. The Balaban J connectivity index is 1.85. The number of pyridine rings is 1. The van der Waals surface area contributed by atoms with Crippen LogP contribution in [0, 0.1) is 10.1 Å². The van der Waals surface area contributed by atoms with Crippen LogP contribution in [0.5, 0.6) is 5.75 Å². The van der Waals surface area contributed by atoms with E-state index in [9.17, 15) is 24.8 Å². The number of ether oxygens (including phenoxy) is 1. The molecule has 0 aliphatic carbocycles. The highest BCUT2D eigenvalue weighted by molar-refractivity contribution is 6.46. The van der Waals surface area contributed by atoms with Crippen LogP contribution in [0.2, 0.25) is 0 Å². The van der Waals surface area contributed by atoms with Gasteiger partial charge < -0.3 is 14.7 Å². The van der Waals surface area contributed by atoms with Gasteiger partial charge in [-0.15, -0.1) is 0 Å². The molecule has 178 valence electrons. The topological polar surface area (TPSA) is 123 Å². The van der Waals surface area contributed by atoms with Crippen LogP contribution in [0.25, 0.3) is 5.76 Å². The maximum atomic E-state index is 13.2. The third-order valence-electron chi connectivity index (χ3n) is 5.62. The van der Waals surface area contributed by atoms with Gasteiger partial charge in [-0.1, -0.05) is 31.2 Å². The first kappa shape index (κ1) is 23.6. The molecule has 1 aliphatic rings. The number of likely N-dealkylation sites (tertiary alicyclic amines) is 1. The predicted octanol–water partition coefficient (Wildman–Crippen LogP) is 4.40. The van der Waals surface area contributed by atoms with Gasteiger partial charge >= 0.3 is 0 Å². The fraction of sp³-hybridized carbons (Fsp3) is 0.192. The van der Waals surface area contributed by atoms with Crippen LogP contribution < -0.4 is 4.74 Å². The molecule has 9 nitrogen and oxygen atoms in total. The van der Waals surface area contributed by atoms with Gasteiger partial charge in [-0.05, 0) is 41.8 Å². The maximum absolute atomic E-state index is 13.2. The molecule has 1 fully saturated rings. The van der Waals surface area contributed by atoms with Crippen LogP contribution in [0.4, 0.5) is 5.69 Å². The Morgan fingerprint density at radius 3 is 2.57 bits per heavy atom. The average molecular weight is 473 g/mol. The number of aliphatic hydroxyl groups is 1. The van der Waals surface area contributed by atoms with Crippen molar-refractivity contribution in [1.82, 2.24) is 9.88 Å². The van der Waals surface area contributed by atoms with E-state index in [0.29, 0.717) is 29.0 Å². The number of aromatic nitrogens is 1. The number of aliphatic hydroxyl groups excluding tert-OH is 1. The second-order valence-corrected chi connectivity index (χ2v) is 8.01. The van der Waals surface area contributed by atoms with Crippen molar-refractivity contribution >= 4 is 23.1 Å². The molecule has 9 heteroatoms. The van der Waals surface area contributed by atoms with E-state index in [4.69, 9.17) is 4.74 Å². The predicted molar refractivity (Wildman–Crippen MR) is 127 cm³/mol. The zero-order valence-electron chi connectivity index (χ0n) is 19.0. The average Bonchev–Trinajstić information content (AvgIpc) is 3.12. The summed E-state index contributed by atoms with van der Waals surface area (Å²) in [5.41, 5.74) is 1.03. The summed E-state index contributed by atoms with van der Waals surface area (Å²) in [4.78, 5) is 42.4. The minimum Gasteiger partial charge on any atom is -0.507 e. The number of nitrogens with zero attached hydrogens (tertiary/aromatic N) is 3. The molecule has 0 radical (unpaired) electrons. The summed E-state index contributed by atoms with van der Waals surface area (Å²) < 4.78 is 5.63. The first-order valence-electron chi connectivity index (χ1n) is 11.1. The van der Waals surface area contributed by atoms with Crippen LogP contribution in [0.15, 0.2) is 78.6 Å². The van der Waals surface area contributed by atoms with Crippen molar-refractivity contribution in [3.63, 3.8) is 0 Å². The molecular weight excluding hydrogens is 450 g/mol.